The maximum absolute atomic E-state index is 5.39. The third kappa shape index (κ3) is 2.69. The largest absolute Gasteiger partial charge is 0.454 e. The SMILES string of the molecule is C(=Nc1ccc(-c2nc3ccccc3[nH]2)cc1)c1ccc2c(c1)OCO2. The van der Waals surface area contributed by atoms with E-state index < -0.39 is 0 Å². The Balaban J connectivity index is 1.37. The summed E-state index contributed by atoms with van der Waals surface area (Å²) in [5, 5.41) is 0. The van der Waals surface area contributed by atoms with E-state index in [1.165, 1.54) is 0 Å². The quantitative estimate of drug-likeness (QED) is 0.549. The average Bonchev–Trinajstić information content (AvgIpc) is 3.33. The van der Waals surface area contributed by atoms with Gasteiger partial charge in [0, 0.05) is 11.8 Å². The van der Waals surface area contributed by atoms with Gasteiger partial charge in [-0.3, -0.25) is 4.99 Å². The smallest absolute Gasteiger partial charge is 0.231 e. The number of benzene rings is 3. The van der Waals surface area contributed by atoms with Crippen molar-refractivity contribution >= 4 is 22.9 Å². The highest BCUT2D eigenvalue weighted by Crippen LogP contribution is 2.32. The Bertz CT molecular complexity index is 1080. The van der Waals surface area contributed by atoms with Crippen LogP contribution in [0.1, 0.15) is 5.56 Å². The Labute approximate surface area is 150 Å². The fourth-order valence-electron chi connectivity index (χ4n) is 2.94. The number of ether oxygens (including phenoxy) is 2. The molecule has 0 spiro atoms. The van der Waals surface area contributed by atoms with Crippen LogP contribution in [0.15, 0.2) is 71.7 Å². The number of hydrogen-bond donors (Lipinski definition) is 1. The molecule has 1 aromatic heterocycles. The molecule has 26 heavy (non-hydrogen) atoms. The first kappa shape index (κ1) is 14.7. The number of H-pyrrole nitrogens is 1. The molecular weight excluding hydrogens is 326 g/mol. The van der Waals surface area contributed by atoms with Crippen molar-refractivity contribution in [3.8, 4) is 22.9 Å². The number of aliphatic imine (C=N–C) groups is 1. The maximum atomic E-state index is 5.39. The monoisotopic (exact) mass is 341 g/mol. The standard InChI is InChI=1S/C21H15N3O2/c1-2-4-18-17(3-1)23-21(24-18)15-6-8-16(9-7-15)22-12-14-5-10-19-20(11-14)26-13-25-19/h1-12H,13H2,(H,23,24). The second kappa shape index (κ2) is 6.04. The van der Waals surface area contributed by atoms with Gasteiger partial charge in [-0.15, -0.1) is 0 Å². The molecule has 0 fully saturated rings. The van der Waals surface area contributed by atoms with Gasteiger partial charge in [0.05, 0.1) is 16.7 Å². The second-order valence-corrected chi connectivity index (χ2v) is 6.02. The third-order valence-corrected chi connectivity index (χ3v) is 4.29. The number of nitrogens with zero attached hydrogens (tertiary/aromatic N) is 2. The molecule has 0 aliphatic carbocycles. The predicted molar refractivity (Wildman–Crippen MR) is 101 cm³/mol. The summed E-state index contributed by atoms with van der Waals surface area (Å²) in [6.45, 7) is 0.277. The molecule has 1 N–H and O–H groups in total. The first-order chi connectivity index (χ1) is 12.8. The van der Waals surface area contributed by atoms with E-state index in [0.717, 1.165) is 45.2 Å². The van der Waals surface area contributed by atoms with Crippen LogP contribution < -0.4 is 9.47 Å². The molecule has 0 unspecified atom stereocenters. The van der Waals surface area contributed by atoms with E-state index in [4.69, 9.17) is 9.47 Å². The van der Waals surface area contributed by atoms with E-state index in [1.807, 2.05) is 72.9 Å². The van der Waals surface area contributed by atoms with Gasteiger partial charge in [0.1, 0.15) is 5.82 Å². The molecule has 2 heterocycles. The number of hydrogen-bond acceptors (Lipinski definition) is 4. The van der Waals surface area contributed by atoms with Crippen LogP contribution in [-0.2, 0) is 0 Å². The molecule has 3 aromatic carbocycles. The number of aromatic nitrogens is 2. The van der Waals surface area contributed by atoms with Crippen molar-refractivity contribution in [1.82, 2.24) is 9.97 Å². The lowest BCUT2D eigenvalue weighted by atomic mass is 10.2. The van der Waals surface area contributed by atoms with Crippen LogP contribution in [0, 0.1) is 0 Å². The summed E-state index contributed by atoms with van der Waals surface area (Å²) < 4.78 is 10.7. The molecule has 5 nitrogen and oxygen atoms in total. The number of aromatic amines is 1. The Morgan fingerprint density at radius 2 is 1.77 bits per heavy atom. The molecule has 1 aliphatic rings. The van der Waals surface area contributed by atoms with Gasteiger partial charge in [-0.25, -0.2) is 4.98 Å². The van der Waals surface area contributed by atoms with Crippen molar-refractivity contribution in [2.24, 2.45) is 4.99 Å². The highest BCUT2D eigenvalue weighted by Gasteiger charge is 2.12. The van der Waals surface area contributed by atoms with E-state index in [9.17, 15) is 0 Å². The zero-order valence-corrected chi connectivity index (χ0v) is 13.8. The first-order valence-corrected chi connectivity index (χ1v) is 8.34. The normalized spacial score (nSPS) is 12.9. The third-order valence-electron chi connectivity index (χ3n) is 4.29. The number of rotatable bonds is 3. The Hall–Kier alpha value is -3.60. The van der Waals surface area contributed by atoms with Crippen molar-refractivity contribution < 1.29 is 9.47 Å². The van der Waals surface area contributed by atoms with E-state index in [-0.39, 0.29) is 6.79 Å². The summed E-state index contributed by atoms with van der Waals surface area (Å²) in [6.07, 6.45) is 1.82. The summed E-state index contributed by atoms with van der Waals surface area (Å²) in [6, 6.07) is 21.8. The van der Waals surface area contributed by atoms with Crippen LogP contribution in [0.5, 0.6) is 11.5 Å². The molecule has 5 rings (SSSR count). The minimum absolute atomic E-state index is 0.277. The van der Waals surface area contributed by atoms with Gasteiger partial charge in [-0.05, 0) is 60.2 Å². The van der Waals surface area contributed by atoms with Gasteiger partial charge in [0.15, 0.2) is 11.5 Å². The molecular formula is C21H15N3O2. The maximum Gasteiger partial charge on any atom is 0.231 e. The lowest BCUT2D eigenvalue weighted by Gasteiger charge is -1.99. The van der Waals surface area contributed by atoms with Crippen molar-refractivity contribution in [3.05, 3.63) is 72.3 Å². The highest BCUT2D eigenvalue weighted by molar-refractivity contribution is 5.83. The predicted octanol–water partition coefficient (Wildman–Crippen LogP) is 4.71. The molecule has 126 valence electrons. The van der Waals surface area contributed by atoms with Crippen LogP contribution in [0.25, 0.3) is 22.4 Å². The Kier molecular flexibility index (Phi) is 3.42. The molecule has 5 heteroatoms. The summed E-state index contributed by atoms with van der Waals surface area (Å²) in [4.78, 5) is 12.5. The van der Waals surface area contributed by atoms with Crippen LogP contribution in [0.4, 0.5) is 5.69 Å². The Morgan fingerprint density at radius 3 is 2.65 bits per heavy atom. The summed E-state index contributed by atoms with van der Waals surface area (Å²) in [7, 11) is 0. The van der Waals surface area contributed by atoms with Crippen LogP contribution in [0.2, 0.25) is 0 Å². The molecule has 4 aromatic rings. The molecule has 1 aliphatic heterocycles. The number of imidazole rings is 1. The molecule has 0 amide bonds. The number of fused-ring (bicyclic) bond motifs is 2. The van der Waals surface area contributed by atoms with E-state index in [2.05, 4.69) is 15.0 Å². The molecule has 0 saturated carbocycles. The van der Waals surface area contributed by atoms with Crippen molar-refractivity contribution in [2.75, 3.05) is 6.79 Å². The summed E-state index contributed by atoms with van der Waals surface area (Å²) >= 11 is 0. The fraction of sp³-hybridized carbons (Fsp3) is 0.0476. The van der Waals surface area contributed by atoms with Gasteiger partial charge in [0.25, 0.3) is 0 Å². The van der Waals surface area contributed by atoms with Crippen molar-refractivity contribution in [3.63, 3.8) is 0 Å². The zero-order valence-electron chi connectivity index (χ0n) is 13.8. The topological polar surface area (TPSA) is 59.5 Å². The number of nitrogens with one attached hydrogen (secondary N) is 1. The number of para-hydroxylation sites is 2. The summed E-state index contributed by atoms with van der Waals surface area (Å²) in [5.41, 5.74) is 4.88. The van der Waals surface area contributed by atoms with Gasteiger partial charge in [-0.2, -0.15) is 0 Å². The van der Waals surface area contributed by atoms with E-state index in [1.54, 1.807) is 0 Å². The minimum Gasteiger partial charge on any atom is -0.454 e. The van der Waals surface area contributed by atoms with Gasteiger partial charge < -0.3 is 14.5 Å². The molecule has 0 atom stereocenters. The lowest BCUT2D eigenvalue weighted by molar-refractivity contribution is 0.174. The molecule has 0 bridgehead atoms. The van der Waals surface area contributed by atoms with Crippen molar-refractivity contribution in [2.45, 2.75) is 0 Å². The average molecular weight is 341 g/mol. The van der Waals surface area contributed by atoms with Gasteiger partial charge in [0.2, 0.25) is 6.79 Å². The van der Waals surface area contributed by atoms with Crippen LogP contribution in [0.3, 0.4) is 0 Å². The van der Waals surface area contributed by atoms with Crippen molar-refractivity contribution in [1.29, 1.82) is 0 Å². The fourth-order valence-corrected chi connectivity index (χ4v) is 2.94. The minimum atomic E-state index is 0.277. The van der Waals surface area contributed by atoms with Gasteiger partial charge >= 0.3 is 0 Å². The molecule has 0 saturated heterocycles. The summed E-state index contributed by atoms with van der Waals surface area (Å²) in [5.74, 6) is 2.39. The second-order valence-electron chi connectivity index (χ2n) is 6.02. The van der Waals surface area contributed by atoms with Crippen LogP contribution in [-0.4, -0.2) is 23.0 Å². The van der Waals surface area contributed by atoms with Gasteiger partial charge in [-0.1, -0.05) is 12.1 Å². The highest BCUT2D eigenvalue weighted by atomic mass is 16.7. The first-order valence-electron chi connectivity index (χ1n) is 8.34. The van der Waals surface area contributed by atoms with Crippen LogP contribution >= 0.6 is 0 Å². The lowest BCUT2D eigenvalue weighted by Crippen LogP contribution is -1.92. The van der Waals surface area contributed by atoms with E-state index >= 15 is 0 Å². The zero-order chi connectivity index (χ0) is 17.3. The van der Waals surface area contributed by atoms with E-state index in [0.29, 0.717) is 0 Å². The molecule has 0 radical (unpaired) electrons. The Morgan fingerprint density at radius 1 is 0.923 bits per heavy atom.